The average molecular weight is 390 g/mol. The van der Waals surface area contributed by atoms with Gasteiger partial charge in [0.1, 0.15) is 11.1 Å². The highest BCUT2D eigenvalue weighted by atomic mass is 32.2. The van der Waals surface area contributed by atoms with E-state index in [1.165, 1.54) is 34.9 Å². The number of hydrogen-bond donors (Lipinski definition) is 1. The summed E-state index contributed by atoms with van der Waals surface area (Å²) in [4.78, 5) is 17.2. The molecular formula is C16H15N5OS3. The summed E-state index contributed by atoms with van der Waals surface area (Å²) in [6, 6.07) is 3.85. The minimum absolute atomic E-state index is 0.306. The van der Waals surface area contributed by atoms with E-state index in [9.17, 15) is 10.1 Å². The number of thioether (sulfide) groups is 2. The van der Waals surface area contributed by atoms with Gasteiger partial charge in [0, 0.05) is 17.4 Å². The number of amides is 1. The summed E-state index contributed by atoms with van der Waals surface area (Å²) in [6.45, 7) is 3.66. The van der Waals surface area contributed by atoms with Crippen LogP contribution in [0.15, 0.2) is 28.1 Å². The van der Waals surface area contributed by atoms with E-state index >= 15 is 0 Å². The van der Waals surface area contributed by atoms with Gasteiger partial charge in [-0.25, -0.2) is 4.98 Å². The SMILES string of the molecule is C=CCSc1nnc(NC(=O)c2cc(C3CC3)nc(SC)c2C#N)s1. The molecular weight excluding hydrogens is 374 g/mol. The van der Waals surface area contributed by atoms with Gasteiger partial charge in [-0.1, -0.05) is 29.2 Å². The Labute approximate surface area is 158 Å². The lowest BCUT2D eigenvalue weighted by molar-refractivity contribution is 0.102. The summed E-state index contributed by atoms with van der Waals surface area (Å²) >= 11 is 4.18. The Morgan fingerprint density at radius 3 is 3.00 bits per heavy atom. The van der Waals surface area contributed by atoms with Crippen molar-refractivity contribution in [2.45, 2.75) is 28.1 Å². The Morgan fingerprint density at radius 1 is 1.56 bits per heavy atom. The highest BCUT2D eigenvalue weighted by Crippen LogP contribution is 2.40. The molecule has 1 fully saturated rings. The number of carbonyl (C=O) groups is 1. The Hall–Kier alpha value is -1.89. The normalized spacial score (nSPS) is 13.3. The molecule has 0 aromatic carbocycles. The lowest BCUT2D eigenvalue weighted by Crippen LogP contribution is -2.15. The van der Waals surface area contributed by atoms with Crippen LogP contribution in [0.25, 0.3) is 0 Å². The van der Waals surface area contributed by atoms with Gasteiger partial charge >= 0.3 is 0 Å². The molecule has 9 heteroatoms. The maximum atomic E-state index is 12.7. The predicted molar refractivity (Wildman–Crippen MR) is 101 cm³/mol. The van der Waals surface area contributed by atoms with E-state index in [-0.39, 0.29) is 5.91 Å². The van der Waals surface area contributed by atoms with Gasteiger partial charge in [0.05, 0.1) is 11.1 Å². The van der Waals surface area contributed by atoms with Gasteiger partial charge in [-0.2, -0.15) is 5.26 Å². The third-order valence-electron chi connectivity index (χ3n) is 3.50. The standard InChI is InChI=1S/C16H15N5OS3/c1-3-6-24-16-21-20-15(25-16)19-13(22)10-7-12(9-4-5-9)18-14(23-2)11(10)8-17/h3,7,9H,1,4-6H2,2H3,(H,19,20,22). The van der Waals surface area contributed by atoms with E-state index in [0.29, 0.717) is 27.2 Å². The third-order valence-corrected chi connectivity index (χ3v) is 6.15. The zero-order valence-electron chi connectivity index (χ0n) is 13.5. The van der Waals surface area contributed by atoms with Crippen molar-refractivity contribution in [1.29, 1.82) is 5.26 Å². The molecule has 1 N–H and O–H groups in total. The maximum absolute atomic E-state index is 12.7. The van der Waals surface area contributed by atoms with Gasteiger partial charge in [-0.3, -0.25) is 10.1 Å². The highest BCUT2D eigenvalue weighted by molar-refractivity contribution is 8.01. The second kappa shape index (κ2) is 7.99. The second-order valence-corrected chi connectivity index (χ2v) is 8.33. The summed E-state index contributed by atoms with van der Waals surface area (Å²) in [7, 11) is 0. The molecule has 0 radical (unpaired) electrons. The summed E-state index contributed by atoms with van der Waals surface area (Å²) in [6.07, 6.45) is 5.79. The molecule has 1 saturated carbocycles. The molecule has 3 rings (SSSR count). The van der Waals surface area contributed by atoms with E-state index < -0.39 is 0 Å². The van der Waals surface area contributed by atoms with Crippen LogP contribution >= 0.6 is 34.9 Å². The second-order valence-electron chi connectivity index (χ2n) is 5.29. The number of nitriles is 1. The number of aromatic nitrogens is 3. The first-order chi connectivity index (χ1) is 12.2. The van der Waals surface area contributed by atoms with Crippen molar-refractivity contribution in [1.82, 2.24) is 15.2 Å². The zero-order valence-corrected chi connectivity index (χ0v) is 15.9. The summed E-state index contributed by atoms with van der Waals surface area (Å²) in [5.74, 6) is 0.772. The van der Waals surface area contributed by atoms with E-state index in [1.54, 1.807) is 12.1 Å². The fraction of sp³-hybridized carbons (Fsp3) is 0.312. The van der Waals surface area contributed by atoms with E-state index in [0.717, 1.165) is 28.6 Å². The van der Waals surface area contributed by atoms with Crippen molar-refractivity contribution >= 4 is 45.9 Å². The first kappa shape index (κ1) is 17.9. The molecule has 2 heterocycles. The molecule has 0 bridgehead atoms. The van der Waals surface area contributed by atoms with Gasteiger partial charge in [0.25, 0.3) is 5.91 Å². The average Bonchev–Trinajstić information content (AvgIpc) is 3.39. The number of nitrogens with one attached hydrogen (secondary N) is 1. The van der Waals surface area contributed by atoms with Crippen LogP contribution < -0.4 is 5.32 Å². The fourth-order valence-electron chi connectivity index (χ4n) is 2.18. The Morgan fingerprint density at radius 2 is 2.36 bits per heavy atom. The van der Waals surface area contributed by atoms with Crippen LogP contribution in [0, 0.1) is 11.3 Å². The number of nitrogens with zero attached hydrogens (tertiary/aromatic N) is 4. The van der Waals surface area contributed by atoms with Gasteiger partial charge in [-0.15, -0.1) is 28.5 Å². The number of pyridine rings is 1. The van der Waals surface area contributed by atoms with Gasteiger partial charge in [0.2, 0.25) is 5.13 Å². The Kier molecular flexibility index (Phi) is 5.73. The molecule has 0 aliphatic heterocycles. The fourth-order valence-corrected chi connectivity index (χ4v) is 4.24. The first-order valence-electron chi connectivity index (χ1n) is 7.53. The molecule has 1 amide bonds. The number of rotatable bonds is 7. The highest BCUT2D eigenvalue weighted by Gasteiger charge is 2.28. The van der Waals surface area contributed by atoms with E-state index in [2.05, 4.69) is 33.1 Å². The molecule has 0 unspecified atom stereocenters. The third kappa shape index (κ3) is 4.21. The maximum Gasteiger partial charge on any atom is 0.259 e. The van der Waals surface area contributed by atoms with Crippen LogP contribution in [0.3, 0.4) is 0 Å². The van der Waals surface area contributed by atoms with Crippen molar-refractivity contribution < 1.29 is 4.79 Å². The van der Waals surface area contributed by atoms with Crippen LogP contribution in [0.1, 0.15) is 40.4 Å². The largest absolute Gasteiger partial charge is 0.296 e. The van der Waals surface area contributed by atoms with Crippen molar-refractivity contribution in [3.05, 3.63) is 35.5 Å². The van der Waals surface area contributed by atoms with Crippen LogP contribution in [0.5, 0.6) is 0 Å². The van der Waals surface area contributed by atoms with Gasteiger partial charge in [-0.05, 0) is 25.2 Å². The smallest absolute Gasteiger partial charge is 0.259 e. The molecule has 25 heavy (non-hydrogen) atoms. The molecule has 0 spiro atoms. The topological polar surface area (TPSA) is 91.6 Å². The Balaban J connectivity index is 1.85. The predicted octanol–water partition coefficient (Wildman–Crippen LogP) is 3.93. The molecule has 1 aliphatic rings. The van der Waals surface area contributed by atoms with Crippen molar-refractivity contribution in [2.75, 3.05) is 17.3 Å². The Bertz CT molecular complexity index is 854. The van der Waals surface area contributed by atoms with Crippen molar-refractivity contribution in [3.8, 4) is 6.07 Å². The van der Waals surface area contributed by atoms with Crippen LogP contribution in [0.4, 0.5) is 5.13 Å². The molecule has 128 valence electrons. The molecule has 0 saturated heterocycles. The number of carbonyl (C=O) groups excluding carboxylic acids is 1. The van der Waals surface area contributed by atoms with Crippen LogP contribution in [-0.4, -0.2) is 33.1 Å². The number of anilines is 1. The molecule has 6 nitrogen and oxygen atoms in total. The summed E-state index contributed by atoms with van der Waals surface area (Å²) in [5.41, 5.74) is 1.53. The van der Waals surface area contributed by atoms with Crippen molar-refractivity contribution in [3.63, 3.8) is 0 Å². The monoisotopic (exact) mass is 389 g/mol. The van der Waals surface area contributed by atoms with E-state index in [4.69, 9.17) is 0 Å². The zero-order chi connectivity index (χ0) is 17.8. The number of hydrogen-bond acceptors (Lipinski definition) is 8. The minimum atomic E-state index is -0.354. The van der Waals surface area contributed by atoms with Crippen molar-refractivity contribution in [2.24, 2.45) is 0 Å². The minimum Gasteiger partial charge on any atom is -0.296 e. The lowest BCUT2D eigenvalue weighted by atomic mass is 10.1. The lowest BCUT2D eigenvalue weighted by Gasteiger charge is -2.09. The van der Waals surface area contributed by atoms with Gasteiger partial charge in [0.15, 0.2) is 4.34 Å². The molecule has 0 atom stereocenters. The van der Waals surface area contributed by atoms with E-state index in [1.807, 2.05) is 6.26 Å². The van der Waals surface area contributed by atoms with Gasteiger partial charge < -0.3 is 0 Å². The summed E-state index contributed by atoms with van der Waals surface area (Å²) in [5, 5.41) is 21.2. The quantitative estimate of drug-likeness (QED) is 0.436. The summed E-state index contributed by atoms with van der Waals surface area (Å²) < 4.78 is 0.758. The molecule has 2 aromatic heterocycles. The molecule has 2 aromatic rings. The molecule has 1 aliphatic carbocycles. The first-order valence-corrected chi connectivity index (χ1v) is 10.6. The van der Waals surface area contributed by atoms with Crippen LogP contribution in [0.2, 0.25) is 0 Å². The van der Waals surface area contributed by atoms with Crippen LogP contribution in [-0.2, 0) is 0 Å².